The molecule has 0 spiro atoms. The van der Waals surface area contributed by atoms with Crippen LogP contribution in [0.15, 0.2) is 48.5 Å². The SMILES string of the molecule is COc1ccc(N2CCN(C(=O)CN(C)Cc3ccc(F)cc3)CC2)cc1. The number of carbonyl (C=O) groups is 1. The van der Waals surface area contributed by atoms with Crippen molar-refractivity contribution in [2.24, 2.45) is 0 Å². The van der Waals surface area contributed by atoms with Crippen LogP contribution < -0.4 is 9.64 Å². The van der Waals surface area contributed by atoms with Gasteiger partial charge in [0.1, 0.15) is 11.6 Å². The van der Waals surface area contributed by atoms with E-state index in [0.717, 1.165) is 43.2 Å². The van der Waals surface area contributed by atoms with Gasteiger partial charge in [-0.05, 0) is 49.0 Å². The number of amides is 1. The highest BCUT2D eigenvalue weighted by atomic mass is 19.1. The lowest BCUT2D eigenvalue weighted by molar-refractivity contribution is -0.132. The molecule has 1 aliphatic rings. The molecule has 1 heterocycles. The van der Waals surface area contributed by atoms with E-state index in [9.17, 15) is 9.18 Å². The highest BCUT2D eigenvalue weighted by Gasteiger charge is 2.22. The van der Waals surface area contributed by atoms with E-state index < -0.39 is 0 Å². The molecule has 1 aliphatic heterocycles. The quantitative estimate of drug-likeness (QED) is 0.782. The number of ether oxygens (including phenoxy) is 1. The Hall–Kier alpha value is -2.60. The van der Waals surface area contributed by atoms with Gasteiger partial charge in [-0.1, -0.05) is 12.1 Å². The number of methoxy groups -OCH3 is 1. The number of rotatable bonds is 6. The van der Waals surface area contributed by atoms with Crippen molar-refractivity contribution < 1.29 is 13.9 Å². The fraction of sp³-hybridized carbons (Fsp3) is 0.381. The molecule has 0 atom stereocenters. The summed E-state index contributed by atoms with van der Waals surface area (Å²) in [6.07, 6.45) is 0. The van der Waals surface area contributed by atoms with Crippen LogP contribution in [0.1, 0.15) is 5.56 Å². The third-order valence-electron chi connectivity index (χ3n) is 4.84. The predicted octanol–water partition coefficient (Wildman–Crippen LogP) is 2.61. The molecule has 144 valence electrons. The zero-order valence-electron chi connectivity index (χ0n) is 15.9. The Balaban J connectivity index is 1.46. The molecule has 0 saturated carbocycles. The fourth-order valence-corrected chi connectivity index (χ4v) is 3.30. The normalized spacial score (nSPS) is 14.5. The molecule has 1 amide bonds. The number of carbonyl (C=O) groups excluding carboxylic acids is 1. The number of likely N-dealkylation sites (N-methyl/N-ethyl adjacent to an activating group) is 1. The Labute approximate surface area is 159 Å². The van der Waals surface area contributed by atoms with Gasteiger partial charge in [0.25, 0.3) is 0 Å². The van der Waals surface area contributed by atoms with Gasteiger partial charge in [-0.25, -0.2) is 4.39 Å². The van der Waals surface area contributed by atoms with Gasteiger partial charge in [-0.3, -0.25) is 9.69 Å². The largest absolute Gasteiger partial charge is 0.497 e. The van der Waals surface area contributed by atoms with Crippen molar-refractivity contribution in [2.45, 2.75) is 6.54 Å². The molecular weight excluding hydrogens is 345 g/mol. The molecule has 0 N–H and O–H groups in total. The summed E-state index contributed by atoms with van der Waals surface area (Å²) in [5.74, 6) is 0.734. The molecule has 3 rings (SSSR count). The first-order valence-corrected chi connectivity index (χ1v) is 9.15. The summed E-state index contributed by atoms with van der Waals surface area (Å²) in [6, 6.07) is 14.4. The van der Waals surface area contributed by atoms with Crippen molar-refractivity contribution in [1.29, 1.82) is 0 Å². The highest BCUT2D eigenvalue weighted by Crippen LogP contribution is 2.20. The molecule has 2 aromatic rings. The van der Waals surface area contributed by atoms with Gasteiger partial charge < -0.3 is 14.5 Å². The molecule has 0 aliphatic carbocycles. The average Bonchev–Trinajstić information content (AvgIpc) is 2.70. The maximum absolute atomic E-state index is 13.0. The minimum absolute atomic E-state index is 0.133. The minimum atomic E-state index is -0.243. The van der Waals surface area contributed by atoms with Gasteiger partial charge in [0.05, 0.1) is 13.7 Å². The third kappa shape index (κ3) is 5.20. The number of hydrogen-bond acceptors (Lipinski definition) is 4. The van der Waals surface area contributed by atoms with Gasteiger partial charge in [0.2, 0.25) is 5.91 Å². The van der Waals surface area contributed by atoms with Crippen molar-refractivity contribution in [3.63, 3.8) is 0 Å². The second-order valence-corrected chi connectivity index (χ2v) is 6.86. The second kappa shape index (κ2) is 8.86. The molecular formula is C21H26FN3O2. The number of piperazine rings is 1. The van der Waals surface area contributed by atoms with E-state index in [1.165, 1.54) is 12.1 Å². The van der Waals surface area contributed by atoms with Crippen molar-refractivity contribution in [3.05, 3.63) is 59.9 Å². The lowest BCUT2D eigenvalue weighted by Crippen LogP contribution is -2.51. The van der Waals surface area contributed by atoms with E-state index in [4.69, 9.17) is 4.74 Å². The van der Waals surface area contributed by atoms with Crippen LogP contribution in [0.5, 0.6) is 5.75 Å². The molecule has 6 heteroatoms. The maximum Gasteiger partial charge on any atom is 0.236 e. The van der Waals surface area contributed by atoms with Gasteiger partial charge >= 0.3 is 0 Å². The van der Waals surface area contributed by atoms with Crippen LogP contribution in [-0.2, 0) is 11.3 Å². The van der Waals surface area contributed by atoms with E-state index >= 15 is 0 Å². The Morgan fingerprint density at radius 3 is 2.26 bits per heavy atom. The molecule has 0 radical (unpaired) electrons. The third-order valence-corrected chi connectivity index (χ3v) is 4.84. The number of anilines is 1. The highest BCUT2D eigenvalue weighted by molar-refractivity contribution is 5.78. The molecule has 0 unspecified atom stereocenters. The number of benzene rings is 2. The number of hydrogen-bond donors (Lipinski definition) is 0. The number of nitrogens with zero attached hydrogens (tertiary/aromatic N) is 3. The summed E-state index contributed by atoms with van der Waals surface area (Å²) in [5, 5.41) is 0. The van der Waals surface area contributed by atoms with Crippen molar-refractivity contribution in [3.8, 4) is 5.75 Å². The molecule has 1 saturated heterocycles. The lowest BCUT2D eigenvalue weighted by atomic mass is 10.2. The van der Waals surface area contributed by atoms with Crippen molar-refractivity contribution in [2.75, 3.05) is 51.8 Å². The molecule has 27 heavy (non-hydrogen) atoms. The minimum Gasteiger partial charge on any atom is -0.497 e. The zero-order valence-corrected chi connectivity index (χ0v) is 15.9. The zero-order chi connectivity index (χ0) is 19.2. The Morgan fingerprint density at radius 1 is 1.04 bits per heavy atom. The summed E-state index contributed by atoms with van der Waals surface area (Å²) in [4.78, 5) is 18.7. The van der Waals surface area contributed by atoms with E-state index in [-0.39, 0.29) is 11.7 Å². The molecule has 2 aromatic carbocycles. The Morgan fingerprint density at radius 2 is 1.67 bits per heavy atom. The molecule has 0 aromatic heterocycles. The van der Waals surface area contributed by atoms with Crippen LogP contribution in [0, 0.1) is 5.82 Å². The lowest BCUT2D eigenvalue weighted by Gasteiger charge is -2.36. The van der Waals surface area contributed by atoms with Crippen LogP contribution in [0.25, 0.3) is 0 Å². The van der Waals surface area contributed by atoms with Crippen LogP contribution in [-0.4, -0.2) is 62.6 Å². The summed E-state index contributed by atoms with van der Waals surface area (Å²) >= 11 is 0. The average molecular weight is 371 g/mol. The topological polar surface area (TPSA) is 36.0 Å². The molecule has 5 nitrogen and oxygen atoms in total. The Bertz CT molecular complexity index is 741. The molecule has 0 bridgehead atoms. The van der Waals surface area contributed by atoms with Crippen LogP contribution >= 0.6 is 0 Å². The van der Waals surface area contributed by atoms with Gasteiger partial charge in [-0.15, -0.1) is 0 Å². The van der Waals surface area contributed by atoms with Gasteiger partial charge in [-0.2, -0.15) is 0 Å². The summed E-state index contributed by atoms with van der Waals surface area (Å²) in [6.45, 7) is 4.06. The summed E-state index contributed by atoms with van der Waals surface area (Å²) in [5.41, 5.74) is 2.15. The van der Waals surface area contributed by atoms with Gasteiger partial charge in [0, 0.05) is 38.4 Å². The first-order chi connectivity index (χ1) is 13.0. The Kier molecular flexibility index (Phi) is 6.29. The van der Waals surface area contributed by atoms with E-state index in [1.54, 1.807) is 19.2 Å². The van der Waals surface area contributed by atoms with Gasteiger partial charge in [0.15, 0.2) is 0 Å². The summed E-state index contributed by atoms with van der Waals surface area (Å²) < 4.78 is 18.2. The van der Waals surface area contributed by atoms with Crippen molar-refractivity contribution in [1.82, 2.24) is 9.80 Å². The van der Waals surface area contributed by atoms with Crippen LogP contribution in [0.4, 0.5) is 10.1 Å². The first kappa shape index (κ1) is 19.2. The second-order valence-electron chi connectivity index (χ2n) is 6.86. The smallest absolute Gasteiger partial charge is 0.236 e. The van der Waals surface area contributed by atoms with Crippen molar-refractivity contribution >= 4 is 11.6 Å². The predicted molar refractivity (Wildman–Crippen MR) is 105 cm³/mol. The number of halogens is 1. The fourth-order valence-electron chi connectivity index (χ4n) is 3.30. The van der Waals surface area contributed by atoms with E-state index in [0.29, 0.717) is 13.1 Å². The van der Waals surface area contributed by atoms with Crippen LogP contribution in [0.2, 0.25) is 0 Å². The monoisotopic (exact) mass is 371 g/mol. The maximum atomic E-state index is 13.0. The van der Waals surface area contributed by atoms with E-state index in [2.05, 4.69) is 4.90 Å². The van der Waals surface area contributed by atoms with E-state index in [1.807, 2.05) is 41.1 Å². The summed E-state index contributed by atoms with van der Waals surface area (Å²) in [7, 11) is 3.57. The molecule has 1 fully saturated rings. The first-order valence-electron chi connectivity index (χ1n) is 9.15. The standard InChI is InChI=1S/C21H26FN3O2/c1-23(15-17-3-5-18(22)6-4-17)16-21(26)25-13-11-24(12-14-25)19-7-9-20(27-2)10-8-19/h3-10H,11-16H2,1-2H3. The van der Waals surface area contributed by atoms with Crippen LogP contribution in [0.3, 0.4) is 0 Å².